The molecular formula is C13H16ClN3O2. The van der Waals surface area contributed by atoms with Gasteiger partial charge < -0.3 is 15.0 Å². The Kier molecular flexibility index (Phi) is 3.95. The lowest BCUT2D eigenvalue weighted by atomic mass is 10.3. The fourth-order valence-corrected chi connectivity index (χ4v) is 2.23. The molecule has 0 spiro atoms. The van der Waals surface area contributed by atoms with Gasteiger partial charge in [0.25, 0.3) is 0 Å². The van der Waals surface area contributed by atoms with Crippen molar-refractivity contribution in [2.75, 3.05) is 7.11 Å². The normalized spacial score (nSPS) is 12.6. The van der Waals surface area contributed by atoms with Crippen molar-refractivity contribution < 1.29 is 9.53 Å². The second-order valence-electron chi connectivity index (χ2n) is 4.28. The number of aryl methyl sites for hydroxylation is 1. The van der Waals surface area contributed by atoms with E-state index in [1.54, 1.807) is 7.11 Å². The number of nitrogens with two attached hydrogens (primary N) is 1. The molecule has 2 rings (SSSR count). The van der Waals surface area contributed by atoms with Crippen molar-refractivity contribution in [3.8, 4) is 5.75 Å². The molecule has 2 N–H and O–H groups in total. The molecule has 1 heterocycles. The summed E-state index contributed by atoms with van der Waals surface area (Å²) in [4.78, 5) is 15.5. The van der Waals surface area contributed by atoms with Gasteiger partial charge in [0.1, 0.15) is 17.1 Å². The van der Waals surface area contributed by atoms with Gasteiger partial charge in [-0.25, -0.2) is 4.98 Å². The predicted molar refractivity (Wildman–Crippen MR) is 74.4 cm³/mol. The fourth-order valence-electron chi connectivity index (χ4n) is 2.06. The summed E-state index contributed by atoms with van der Waals surface area (Å²) < 4.78 is 7.21. The number of para-hydroxylation sites is 1. The molecule has 1 aromatic heterocycles. The van der Waals surface area contributed by atoms with E-state index in [1.807, 2.05) is 29.7 Å². The van der Waals surface area contributed by atoms with Crippen molar-refractivity contribution in [3.63, 3.8) is 0 Å². The van der Waals surface area contributed by atoms with Gasteiger partial charge in [0.2, 0.25) is 5.91 Å². The van der Waals surface area contributed by atoms with E-state index in [1.165, 1.54) is 0 Å². The minimum absolute atomic E-state index is 0.249. The average molecular weight is 282 g/mol. The Balaban J connectivity index is 2.57. The molecule has 0 saturated heterocycles. The molecule has 0 bridgehead atoms. The Morgan fingerprint density at radius 2 is 2.32 bits per heavy atom. The molecule has 0 aliphatic rings. The monoisotopic (exact) mass is 281 g/mol. The molecule has 0 radical (unpaired) electrons. The van der Waals surface area contributed by atoms with Crippen LogP contribution >= 0.6 is 11.6 Å². The highest BCUT2D eigenvalue weighted by molar-refractivity contribution is 6.20. The summed E-state index contributed by atoms with van der Waals surface area (Å²) in [5, 5.41) is -0.259. The van der Waals surface area contributed by atoms with Crippen LogP contribution in [-0.2, 0) is 11.3 Å². The number of carbonyl (C=O) groups is 1. The van der Waals surface area contributed by atoms with Crippen LogP contribution in [0.15, 0.2) is 18.2 Å². The average Bonchev–Trinajstić information content (AvgIpc) is 2.74. The minimum atomic E-state index is -0.349. The van der Waals surface area contributed by atoms with Crippen molar-refractivity contribution in [1.29, 1.82) is 0 Å². The molecule has 102 valence electrons. The number of halogens is 1. The number of alkyl halides is 1. The van der Waals surface area contributed by atoms with Gasteiger partial charge >= 0.3 is 0 Å². The van der Waals surface area contributed by atoms with Gasteiger partial charge in [0.15, 0.2) is 0 Å². The molecule has 19 heavy (non-hydrogen) atoms. The van der Waals surface area contributed by atoms with E-state index in [0.717, 1.165) is 11.0 Å². The number of benzene rings is 1. The number of hydrogen-bond acceptors (Lipinski definition) is 3. The van der Waals surface area contributed by atoms with Crippen LogP contribution in [0, 0.1) is 0 Å². The van der Waals surface area contributed by atoms with Gasteiger partial charge in [-0.05, 0) is 19.1 Å². The zero-order valence-electron chi connectivity index (χ0n) is 10.9. The quantitative estimate of drug-likeness (QED) is 0.854. The zero-order valence-corrected chi connectivity index (χ0v) is 11.6. The van der Waals surface area contributed by atoms with Gasteiger partial charge in [-0.2, -0.15) is 0 Å². The van der Waals surface area contributed by atoms with Gasteiger partial charge in [-0.15, -0.1) is 11.6 Å². The molecule has 0 saturated carbocycles. The molecule has 2 aromatic rings. The number of rotatable bonds is 5. The summed E-state index contributed by atoms with van der Waals surface area (Å²) in [5.74, 6) is 1.05. The standard InChI is InChI=1S/C13H16ClN3O2/c1-8(14)13-16-12-9(4-3-5-10(12)19-2)17(13)7-6-11(15)18/h3-5,8H,6-7H2,1-2H3,(H2,15,18). The lowest BCUT2D eigenvalue weighted by Crippen LogP contribution is -2.15. The largest absolute Gasteiger partial charge is 0.494 e. The summed E-state index contributed by atoms with van der Waals surface area (Å²) in [5.41, 5.74) is 6.84. The molecule has 1 atom stereocenters. The topological polar surface area (TPSA) is 70.1 Å². The number of carbonyl (C=O) groups excluding carboxylic acids is 1. The van der Waals surface area contributed by atoms with Gasteiger partial charge in [-0.3, -0.25) is 4.79 Å². The lowest BCUT2D eigenvalue weighted by molar-refractivity contribution is -0.118. The SMILES string of the molecule is COc1cccc2c1nc(C(C)Cl)n2CCC(N)=O. The van der Waals surface area contributed by atoms with Crippen molar-refractivity contribution in [1.82, 2.24) is 9.55 Å². The predicted octanol–water partition coefficient (Wildman–Crippen LogP) is 2.22. The Bertz CT molecular complexity index is 607. The molecule has 6 heteroatoms. The lowest BCUT2D eigenvalue weighted by Gasteiger charge is -2.09. The summed E-state index contributed by atoms with van der Waals surface area (Å²) >= 11 is 6.15. The van der Waals surface area contributed by atoms with Crippen LogP contribution < -0.4 is 10.5 Å². The number of methoxy groups -OCH3 is 1. The highest BCUT2D eigenvalue weighted by atomic mass is 35.5. The van der Waals surface area contributed by atoms with Crippen LogP contribution in [0.4, 0.5) is 0 Å². The first-order chi connectivity index (χ1) is 9.04. The van der Waals surface area contributed by atoms with Crippen LogP contribution in [0.25, 0.3) is 11.0 Å². The van der Waals surface area contributed by atoms with E-state index < -0.39 is 0 Å². The Morgan fingerprint density at radius 1 is 1.58 bits per heavy atom. The Labute approximate surface area is 116 Å². The van der Waals surface area contributed by atoms with Crippen LogP contribution in [0.3, 0.4) is 0 Å². The summed E-state index contributed by atoms with van der Waals surface area (Å²) in [6.45, 7) is 2.31. The maximum atomic E-state index is 11.0. The first-order valence-corrected chi connectivity index (χ1v) is 6.43. The van der Waals surface area contributed by atoms with Crippen LogP contribution in [-0.4, -0.2) is 22.6 Å². The van der Waals surface area contributed by atoms with Gasteiger partial charge in [0.05, 0.1) is 18.0 Å². The first kappa shape index (κ1) is 13.7. The second kappa shape index (κ2) is 5.48. The molecule has 5 nitrogen and oxygen atoms in total. The van der Waals surface area contributed by atoms with Gasteiger partial charge in [-0.1, -0.05) is 6.07 Å². The summed E-state index contributed by atoms with van der Waals surface area (Å²) in [6.07, 6.45) is 0.249. The molecule has 0 aliphatic carbocycles. The smallest absolute Gasteiger partial charge is 0.219 e. The zero-order chi connectivity index (χ0) is 14.0. The van der Waals surface area contributed by atoms with Crippen LogP contribution in [0.5, 0.6) is 5.75 Å². The Morgan fingerprint density at radius 3 is 2.89 bits per heavy atom. The highest BCUT2D eigenvalue weighted by Gasteiger charge is 2.17. The van der Waals surface area contributed by atoms with Crippen molar-refractivity contribution in [2.24, 2.45) is 5.73 Å². The van der Waals surface area contributed by atoms with Crippen molar-refractivity contribution >= 4 is 28.5 Å². The van der Waals surface area contributed by atoms with E-state index in [2.05, 4.69) is 4.98 Å². The number of nitrogens with zero attached hydrogens (tertiary/aromatic N) is 2. The third-order valence-electron chi connectivity index (χ3n) is 2.93. The summed E-state index contributed by atoms with van der Waals surface area (Å²) in [6, 6.07) is 5.65. The van der Waals surface area contributed by atoms with E-state index in [9.17, 15) is 4.79 Å². The highest BCUT2D eigenvalue weighted by Crippen LogP contribution is 2.30. The third kappa shape index (κ3) is 2.66. The number of aromatic nitrogens is 2. The number of primary amides is 1. The third-order valence-corrected chi connectivity index (χ3v) is 3.12. The molecule has 0 fully saturated rings. The van der Waals surface area contributed by atoms with Crippen molar-refractivity contribution in [2.45, 2.75) is 25.3 Å². The summed E-state index contributed by atoms with van der Waals surface area (Å²) in [7, 11) is 1.60. The number of amides is 1. The van der Waals surface area contributed by atoms with E-state index >= 15 is 0 Å². The number of hydrogen-bond donors (Lipinski definition) is 1. The molecule has 1 amide bonds. The molecule has 0 aliphatic heterocycles. The second-order valence-corrected chi connectivity index (χ2v) is 4.94. The fraction of sp³-hybridized carbons (Fsp3) is 0.385. The Hall–Kier alpha value is -1.75. The van der Waals surface area contributed by atoms with Crippen LogP contribution in [0.2, 0.25) is 0 Å². The maximum Gasteiger partial charge on any atom is 0.219 e. The number of ether oxygens (including phenoxy) is 1. The maximum absolute atomic E-state index is 11.0. The number of fused-ring (bicyclic) bond motifs is 1. The number of imidazole rings is 1. The van der Waals surface area contributed by atoms with Gasteiger partial charge in [0, 0.05) is 13.0 Å². The molecular weight excluding hydrogens is 266 g/mol. The first-order valence-electron chi connectivity index (χ1n) is 6.00. The van der Waals surface area contributed by atoms with Crippen LogP contribution in [0.1, 0.15) is 24.5 Å². The van der Waals surface area contributed by atoms with Crippen molar-refractivity contribution in [3.05, 3.63) is 24.0 Å². The minimum Gasteiger partial charge on any atom is -0.494 e. The molecule has 1 unspecified atom stereocenters. The van der Waals surface area contributed by atoms with E-state index in [-0.39, 0.29) is 17.7 Å². The van der Waals surface area contributed by atoms with E-state index in [4.69, 9.17) is 22.1 Å². The van der Waals surface area contributed by atoms with E-state index in [0.29, 0.717) is 18.1 Å². The molecule has 1 aromatic carbocycles.